The van der Waals surface area contributed by atoms with Gasteiger partial charge in [0.2, 0.25) is 0 Å². The van der Waals surface area contributed by atoms with Gasteiger partial charge in [-0.15, -0.1) is 0 Å². The molecule has 2 aromatic rings. The Morgan fingerprint density at radius 1 is 1.40 bits per heavy atom. The van der Waals surface area contributed by atoms with Crippen LogP contribution in [0.4, 0.5) is 15.9 Å². The van der Waals surface area contributed by atoms with E-state index in [4.69, 9.17) is 4.74 Å². The zero-order chi connectivity index (χ0) is 17.6. The molecule has 2 heterocycles. The third-order valence-electron chi connectivity index (χ3n) is 4.24. The number of halogens is 1. The molecule has 0 bridgehead atoms. The van der Waals surface area contributed by atoms with Gasteiger partial charge in [0.05, 0.1) is 11.7 Å². The van der Waals surface area contributed by atoms with Crippen molar-refractivity contribution in [2.75, 3.05) is 25.0 Å². The minimum atomic E-state index is -0.345. The van der Waals surface area contributed by atoms with Crippen LogP contribution in [0.25, 0.3) is 0 Å². The zero-order valence-corrected chi connectivity index (χ0v) is 14.2. The average Bonchev–Trinajstić information content (AvgIpc) is 3.13. The summed E-state index contributed by atoms with van der Waals surface area (Å²) in [6.45, 7) is 3.87. The first kappa shape index (κ1) is 17.4. The number of hydrogen-bond acceptors (Lipinski definition) is 4. The smallest absolute Gasteiger partial charge is 0.257 e. The molecule has 1 N–H and O–H groups in total. The maximum absolute atomic E-state index is 13.4. The van der Waals surface area contributed by atoms with Gasteiger partial charge < -0.3 is 15.0 Å². The maximum atomic E-state index is 13.4. The number of rotatable bonds is 6. The van der Waals surface area contributed by atoms with Crippen LogP contribution in [0.5, 0.6) is 0 Å². The summed E-state index contributed by atoms with van der Waals surface area (Å²) >= 11 is 0. The number of benzene rings is 1. The highest BCUT2D eigenvalue weighted by atomic mass is 19.1. The molecule has 1 unspecified atom stereocenters. The van der Waals surface area contributed by atoms with Crippen molar-refractivity contribution in [3.05, 3.63) is 54.0 Å². The average molecular weight is 343 g/mol. The number of pyridine rings is 1. The van der Waals surface area contributed by atoms with Crippen molar-refractivity contribution in [3.63, 3.8) is 0 Å². The minimum absolute atomic E-state index is 0.0974. The molecule has 0 radical (unpaired) electrons. The van der Waals surface area contributed by atoms with Gasteiger partial charge in [-0.3, -0.25) is 4.79 Å². The molecule has 1 aromatic heterocycles. The Bertz CT molecular complexity index is 732. The third kappa shape index (κ3) is 4.33. The fourth-order valence-corrected chi connectivity index (χ4v) is 2.94. The van der Waals surface area contributed by atoms with Crippen molar-refractivity contribution in [1.82, 2.24) is 9.88 Å². The van der Waals surface area contributed by atoms with Gasteiger partial charge in [-0.25, -0.2) is 9.37 Å². The highest BCUT2D eigenvalue weighted by molar-refractivity contribution is 5.99. The van der Waals surface area contributed by atoms with Gasteiger partial charge in [0.1, 0.15) is 11.6 Å². The topological polar surface area (TPSA) is 54.5 Å². The maximum Gasteiger partial charge on any atom is 0.257 e. The zero-order valence-electron chi connectivity index (χ0n) is 14.2. The van der Waals surface area contributed by atoms with Crippen molar-refractivity contribution in [2.45, 2.75) is 25.9 Å². The molecular formula is C19H22FN3O2. The molecule has 1 amide bonds. The fraction of sp³-hybridized carbons (Fsp3) is 0.368. The lowest BCUT2D eigenvalue weighted by Gasteiger charge is -2.25. The van der Waals surface area contributed by atoms with Gasteiger partial charge in [-0.2, -0.15) is 0 Å². The molecular weight excluding hydrogens is 321 g/mol. The Kier molecular flexibility index (Phi) is 5.60. The van der Waals surface area contributed by atoms with Crippen LogP contribution in [0.2, 0.25) is 0 Å². The lowest BCUT2D eigenvalue weighted by atomic mass is 10.1. The van der Waals surface area contributed by atoms with E-state index in [1.807, 2.05) is 6.92 Å². The van der Waals surface area contributed by atoms with Crippen LogP contribution in [0, 0.1) is 5.82 Å². The number of hydrogen-bond donors (Lipinski definition) is 1. The van der Waals surface area contributed by atoms with Crippen LogP contribution in [0.3, 0.4) is 0 Å². The second kappa shape index (κ2) is 8.07. The van der Waals surface area contributed by atoms with Gasteiger partial charge in [0, 0.05) is 31.6 Å². The Balaban J connectivity index is 1.79. The highest BCUT2D eigenvalue weighted by Crippen LogP contribution is 2.21. The van der Waals surface area contributed by atoms with Gasteiger partial charge in [0.25, 0.3) is 5.91 Å². The second-order valence-electron chi connectivity index (χ2n) is 6.01. The molecule has 6 heteroatoms. The van der Waals surface area contributed by atoms with Crippen molar-refractivity contribution in [3.8, 4) is 0 Å². The summed E-state index contributed by atoms with van der Waals surface area (Å²) in [6, 6.07) is 9.54. The van der Waals surface area contributed by atoms with Gasteiger partial charge in [-0.1, -0.05) is 6.07 Å². The fourth-order valence-electron chi connectivity index (χ4n) is 2.94. The Morgan fingerprint density at radius 3 is 3.00 bits per heavy atom. The standard InChI is InChI=1S/C19H22FN3O2/c1-2-23(13-16-8-5-11-25-16)19(24)17-9-4-10-21-18(17)22-15-7-3-6-14(20)12-15/h3-4,6-7,9-10,12,16H,2,5,8,11,13H2,1H3,(H,21,22). The molecule has 0 saturated carbocycles. The van der Waals surface area contributed by atoms with E-state index in [-0.39, 0.29) is 17.8 Å². The number of nitrogens with one attached hydrogen (secondary N) is 1. The quantitative estimate of drug-likeness (QED) is 0.871. The second-order valence-corrected chi connectivity index (χ2v) is 6.01. The van der Waals surface area contributed by atoms with Crippen LogP contribution in [-0.2, 0) is 4.74 Å². The Labute approximate surface area is 146 Å². The van der Waals surface area contributed by atoms with Gasteiger partial charge in [-0.05, 0) is 50.1 Å². The molecule has 25 heavy (non-hydrogen) atoms. The van der Waals surface area contributed by atoms with E-state index in [1.54, 1.807) is 35.4 Å². The van der Waals surface area contributed by atoms with E-state index in [2.05, 4.69) is 10.3 Å². The molecule has 1 fully saturated rings. The molecule has 1 aromatic carbocycles. The first-order chi connectivity index (χ1) is 12.2. The number of amides is 1. The van der Waals surface area contributed by atoms with E-state index in [0.717, 1.165) is 19.4 Å². The molecule has 1 aliphatic rings. The predicted molar refractivity (Wildman–Crippen MR) is 94.5 cm³/mol. The van der Waals surface area contributed by atoms with Crippen molar-refractivity contribution in [2.24, 2.45) is 0 Å². The lowest BCUT2D eigenvalue weighted by molar-refractivity contribution is 0.0539. The summed E-state index contributed by atoms with van der Waals surface area (Å²) in [5.41, 5.74) is 1.02. The van der Waals surface area contributed by atoms with Crippen LogP contribution in [0.15, 0.2) is 42.6 Å². The summed E-state index contributed by atoms with van der Waals surface area (Å²) in [5.74, 6) is -0.0312. The summed E-state index contributed by atoms with van der Waals surface area (Å²) < 4.78 is 19.0. The summed E-state index contributed by atoms with van der Waals surface area (Å²) in [4.78, 5) is 19.0. The SMILES string of the molecule is CCN(CC1CCCO1)C(=O)c1cccnc1Nc1cccc(F)c1. The molecule has 0 spiro atoms. The molecule has 3 rings (SSSR count). The van der Waals surface area contributed by atoms with Crippen LogP contribution in [-0.4, -0.2) is 41.6 Å². The number of anilines is 2. The number of carbonyl (C=O) groups is 1. The van der Waals surface area contributed by atoms with Crippen molar-refractivity contribution in [1.29, 1.82) is 0 Å². The number of ether oxygens (including phenoxy) is 1. The van der Waals surface area contributed by atoms with E-state index in [9.17, 15) is 9.18 Å². The number of likely N-dealkylation sites (N-methyl/N-ethyl adjacent to an activating group) is 1. The van der Waals surface area contributed by atoms with Crippen LogP contribution in [0.1, 0.15) is 30.1 Å². The van der Waals surface area contributed by atoms with E-state index < -0.39 is 0 Å². The molecule has 1 saturated heterocycles. The lowest BCUT2D eigenvalue weighted by Crippen LogP contribution is -2.37. The van der Waals surface area contributed by atoms with Crippen molar-refractivity contribution < 1.29 is 13.9 Å². The molecule has 1 atom stereocenters. The third-order valence-corrected chi connectivity index (χ3v) is 4.24. The minimum Gasteiger partial charge on any atom is -0.376 e. The van der Waals surface area contributed by atoms with Gasteiger partial charge >= 0.3 is 0 Å². The summed E-state index contributed by atoms with van der Waals surface area (Å²) in [6.07, 6.45) is 3.72. The molecule has 0 aliphatic carbocycles. The van der Waals surface area contributed by atoms with E-state index in [1.165, 1.54) is 12.1 Å². The molecule has 1 aliphatic heterocycles. The highest BCUT2D eigenvalue weighted by Gasteiger charge is 2.24. The Morgan fingerprint density at radius 2 is 2.28 bits per heavy atom. The predicted octanol–water partition coefficient (Wildman–Crippen LogP) is 3.61. The van der Waals surface area contributed by atoms with Crippen molar-refractivity contribution >= 4 is 17.4 Å². The first-order valence-corrected chi connectivity index (χ1v) is 8.56. The number of carbonyl (C=O) groups excluding carboxylic acids is 1. The largest absolute Gasteiger partial charge is 0.376 e. The monoisotopic (exact) mass is 343 g/mol. The van der Waals surface area contributed by atoms with E-state index >= 15 is 0 Å². The molecule has 132 valence electrons. The first-order valence-electron chi connectivity index (χ1n) is 8.56. The number of nitrogens with zero attached hydrogens (tertiary/aromatic N) is 2. The summed E-state index contributed by atoms with van der Waals surface area (Å²) in [7, 11) is 0. The molecule has 5 nitrogen and oxygen atoms in total. The normalized spacial score (nSPS) is 16.6. The Hall–Kier alpha value is -2.47. The summed E-state index contributed by atoms with van der Waals surface area (Å²) in [5, 5.41) is 3.04. The van der Waals surface area contributed by atoms with Gasteiger partial charge in [0.15, 0.2) is 0 Å². The van der Waals surface area contributed by atoms with E-state index in [0.29, 0.717) is 30.2 Å². The van der Waals surface area contributed by atoms with Crippen LogP contribution >= 0.6 is 0 Å². The number of aromatic nitrogens is 1. The van der Waals surface area contributed by atoms with Crippen LogP contribution < -0.4 is 5.32 Å².